The van der Waals surface area contributed by atoms with Gasteiger partial charge in [-0.15, -0.1) is 0 Å². The lowest BCUT2D eigenvalue weighted by Crippen LogP contribution is -2.39. The second-order valence-corrected chi connectivity index (χ2v) is 5.91. The standard InChI is InChI=1S/C12H16BrNS/c1-2-11-7-15-8-12(14-11)9-4-3-5-10(13)6-9/h3-6,11-12,14H,2,7-8H2,1H3. The molecule has 1 fully saturated rings. The Kier molecular flexibility index (Phi) is 4.12. The Morgan fingerprint density at radius 2 is 2.33 bits per heavy atom. The zero-order chi connectivity index (χ0) is 10.7. The maximum absolute atomic E-state index is 3.70. The van der Waals surface area contributed by atoms with Crippen molar-refractivity contribution < 1.29 is 0 Å². The Labute approximate surface area is 104 Å². The number of hydrogen-bond acceptors (Lipinski definition) is 2. The van der Waals surface area contributed by atoms with Gasteiger partial charge in [-0.05, 0) is 24.1 Å². The highest BCUT2D eigenvalue weighted by Crippen LogP contribution is 2.26. The van der Waals surface area contributed by atoms with Crippen LogP contribution in [0.4, 0.5) is 0 Å². The van der Waals surface area contributed by atoms with Crippen LogP contribution in [0.15, 0.2) is 28.7 Å². The molecular weight excluding hydrogens is 270 g/mol. The molecule has 1 heterocycles. The smallest absolute Gasteiger partial charge is 0.0414 e. The molecule has 82 valence electrons. The molecule has 1 aromatic carbocycles. The monoisotopic (exact) mass is 285 g/mol. The van der Waals surface area contributed by atoms with E-state index < -0.39 is 0 Å². The fraction of sp³-hybridized carbons (Fsp3) is 0.500. The number of benzene rings is 1. The number of hydrogen-bond donors (Lipinski definition) is 1. The average Bonchev–Trinajstić information content (AvgIpc) is 2.29. The summed E-state index contributed by atoms with van der Waals surface area (Å²) in [5.74, 6) is 2.44. The number of halogens is 1. The molecule has 1 aromatic rings. The van der Waals surface area contributed by atoms with E-state index in [1.807, 2.05) is 0 Å². The summed E-state index contributed by atoms with van der Waals surface area (Å²) in [5, 5.41) is 3.70. The molecule has 0 radical (unpaired) electrons. The van der Waals surface area contributed by atoms with Crippen molar-refractivity contribution in [2.45, 2.75) is 25.4 Å². The summed E-state index contributed by atoms with van der Waals surface area (Å²) in [5.41, 5.74) is 1.40. The van der Waals surface area contributed by atoms with E-state index in [0.717, 1.165) is 0 Å². The van der Waals surface area contributed by atoms with Crippen molar-refractivity contribution in [1.82, 2.24) is 5.32 Å². The van der Waals surface area contributed by atoms with Crippen molar-refractivity contribution in [1.29, 1.82) is 0 Å². The third-order valence-electron chi connectivity index (χ3n) is 2.78. The summed E-state index contributed by atoms with van der Waals surface area (Å²) in [7, 11) is 0. The van der Waals surface area contributed by atoms with Gasteiger partial charge in [-0.25, -0.2) is 0 Å². The fourth-order valence-electron chi connectivity index (χ4n) is 1.86. The molecule has 0 bridgehead atoms. The molecule has 3 heteroatoms. The van der Waals surface area contributed by atoms with Crippen LogP contribution in [0.3, 0.4) is 0 Å². The van der Waals surface area contributed by atoms with Gasteiger partial charge < -0.3 is 5.32 Å². The summed E-state index contributed by atoms with van der Waals surface area (Å²) in [6.45, 7) is 2.25. The van der Waals surface area contributed by atoms with Crippen LogP contribution in [0.25, 0.3) is 0 Å². The van der Waals surface area contributed by atoms with Gasteiger partial charge in [0.15, 0.2) is 0 Å². The zero-order valence-electron chi connectivity index (χ0n) is 8.87. The molecule has 1 N–H and O–H groups in total. The van der Waals surface area contributed by atoms with Gasteiger partial charge in [0.2, 0.25) is 0 Å². The van der Waals surface area contributed by atoms with Gasteiger partial charge in [0.1, 0.15) is 0 Å². The summed E-state index contributed by atoms with van der Waals surface area (Å²) in [6.07, 6.45) is 1.22. The Hall–Kier alpha value is 0.01000. The van der Waals surface area contributed by atoms with Crippen molar-refractivity contribution in [3.8, 4) is 0 Å². The lowest BCUT2D eigenvalue weighted by molar-refractivity contribution is 0.466. The lowest BCUT2D eigenvalue weighted by atomic mass is 10.1. The number of rotatable bonds is 2. The molecule has 0 aliphatic carbocycles. The van der Waals surface area contributed by atoms with Crippen LogP contribution in [0, 0.1) is 0 Å². The second-order valence-electron chi connectivity index (χ2n) is 3.92. The molecule has 1 nitrogen and oxygen atoms in total. The second kappa shape index (κ2) is 5.37. The van der Waals surface area contributed by atoms with E-state index in [1.165, 1.54) is 28.0 Å². The van der Waals surface area contributed by atoms with E-state index in [1.54, 1.807) is 0 Å². The molecule has 1 aliphatic rings. The normalized spacial score (nSPS) is 26.5. The molecule has 2 rings (SSSR count). The Bertz CT molecular complexity index is 329. The van der Waals surface area contributed by atoms with E-state index >= 15 is 0 Å². The van der Waals surface area contributed by atoms with E-state index in [0.29, 0.717) is 12.1 Å². The predicted molar refractivity (Wildman–Crippen MR) is 71.4 cm³/mol. The Morgan fingerprint density at radius 1 is 1.47 bits per heavy atom. The highest BCUT2D eigenvalue weighted by molar-refractivity contribution is 9.10. The highest BCUT2D eigenvalue weighted by Gasteiger charge is 2.21. The molecule has 15 heavy (non-hydrogen) atoms. The summed E-state index contributed by atoms with van der Waals surface area (Å²) < 4.78 is 1.17. The molecule has 0 spiro atoms. The van der Waals surface area contributed by atoms with Crippen molar-refractivity contribution in [2.24, 2.45) is 0 Å². The zero-order valence-corrected chi connectivity index (χ0v) is 11.3. The van der Waals surface area contributed by atoms with Crippen LogP contribution < -0.4 is 5.32 Å². The third kappa shape index (κ3) is 2.99. The summed E-state index contributed by atoms with van der Waals surface area (Å²) in [6, 6.07) is 9.81. The number of nitrogens with one attached hydrogen (secondary N) is 1. The van der Waals surface area contributed by atoms with E-state index in [9.17, 15) is 0 Å². The van der Waals surface area contributed by atoms with Gasteiger partial charge in [-0.1, -0.05) is 35.0 Å². The summed E-state index contributed by atoms with van der Waals surface area (Å²) in [4.78, 5) is 0. The maximum Gasteiger partial charge on any atom is 0.0414 e. The minimum Gasteiger partial charge on any atom is -0.306 e. The molecule has 2 atom stereocenters. The van der Waals surface area contributed by atoms with E-state index in [-0.39, 0.29) is 0 Å². The van der Waals surface area contributed by atoms with Crippen LogP contribution in [-0.4, -0.2) is 17.5 Å². The first-order valence-corrected chi connectivity index (χ1v) is 7.33. The predicted octanol–water partition coefficient (Wildman–Crippen LogP) is 3.61. The van der Waals surface area contributed by atoms with Crippen molar-refractivity contribution >= 4 is 27.7 Å². The average molecular weight is 286 g/mol. The Balaban J connectivity index is 2.09. The molecule has 0 aromatic heterocycles. The van der Waals surface area contributed by atoms with E-state index in [4.69, 9.17) is 0 Å². The minimum atomic E-state index is 0.520. The number of thioether (sulfide) groups is 1. The van der Waals surface area contributed by atoms with Gasteiger partial charge >= 0.3 is 0 Å². The van der Waals surface area contributed by atoms with Crippen molar-refractivity contribution in [2.75, 3.05) is 11.5 Å². The minimum absolute atomic E-state index is 0.520. The molecule has 1 aliphatic heterocycles. The van der Waals surface area contributed by atoms with Crippen LogP contribution in [-0.2, 0) is 0 Å². The first kappa shape index (κ1) is 11.5. The largest absolute Gasteiger partial charge is 0.306 e. The first-order valence-electron chi connectivity index (χ1n) is 5.39. The first-order chi connectivity index (χ1) is 7.29. The Morgan fingerprint density at radius 3 is 3.07 bits per heavy atom. The molecule has 2 unspecified atom stereocenters. The van der Waals surface area contributed by atoms with Crippen LogP contribution in [0.2, 0.25) is 0 Å². The maximum atomic E-state index is 3.70. The quantitative estimate of drug-likeness (QED) is 0.891. The van der Waals surface area contributed by atoms with Crippen LogP contribution in [0.5, 0.6) is 0 Å². The molecule has 1 saturated heterocycles. The van der Waals surface area contributed by atoms with Crippen LogP contribution >= 0.6 is 27.7 Å². The van der Waals surface area contributed by atoms with Gasteiger partial charge in [-0.3, -0.25) is 0 Å². The molecule has 0 saturated carbocycles. The summed E-state index contributed by atoms with van der Waals surface area (Å²) >= 11 is 5.58. The van der Waals surface area contributed by atoms with Crippen molar-refractivity contribution in [3.63, 3.8) is 0 Å². The third-order valence-corrected chi connectivity index (χ3v) is 4.48. The lowest BCUT2D eigenvalue weighted by Gasteiger charge is -2.30. The van der Waals surface area contributed by atoms with Crippen molar-refractivity contribution in [3.05, 3.63) is 34.3 Å². The topological polar surface area (TPSA) is 12.0 Å². The van der Waals surface area contributed by atoms with Gasteiger partial charge in [0.05, 0.1) is 0 Å². The van der Waals surface area contributed by atoms with E-state index in [2.05, 4.69) is 64.2 Å². The van der Waals surface area contributed by atoms with Gasteiger partial charge in [0, 0.05) is 28.1 Å². The van der Waals surface area contributed by atoms with Crippen LogP contribution in [0.1, 0.15) is 24.9 Å². The molecular formula is C12H16BrNS. The molecule has 0 amide bonds. The highest BCUT2D eigenvalue weighted by atomic mass is 79.9. The van der Waals surface area contributed by atoms with Gasteiger partial charge in [0.25, 0.3) is 0 Å². The SMILES string of the molecule is CCC1CSCC(c2cccc(Br)c2)N1. The fourth-order valence-corrected chi connectivity index (χ4v) is 3.55. The van der Waals surface area contributed by atoms with Gasteiger partial charge in [-0.2, -0.15) is 11.8 Å².